The zero-order valence-electron chi connectivity index (χ0n) is 10.2. The number of rotatable bonds is 5. The van der Waals surface area contributed by atoms with E-state index in [1.807, 2.05) is 11.4 Å². The van der Waals surface area contributed by atoms with Crippen LogP contribution >= 0.6 is 27.3 Å². The lowest BCUT2D eigenvalue weighted by Crippen LogP contribution is -2.39. The quantitative estimate of drug-likeness (QED) is 0.887. The summed E-state index contributed by atoms with van der Waals surface area (Å²) < 4.78 is 3.77. The molecule has 102 valence electrons. The van der Waals surface area contributed by atoms with E-state index in [0.717, 1.165) is 9.35 Å². The number of hydrogen-bond donors (Lipinski definition) is 1. The molecule has 19 heavy (non-hydrogen) atoms. The zero-order valence-corrected chi connectivity index (χ0v) is 12.6. The zero-order chi connectivity index (χ0) is 13.8. The van der Waals surface area contributed by atoms with Crippen LogP contribution in [0.2, 0.25) is 0 Å². The highest BCUT2D eigenvalue weighted by molar-refractivity contribution is 9.10. The SMILES string of the molecule is NCCCn1c(=O)ccn(Cc2cc(Br)cs2)c1=O. The van der Waals surface area contributed by atoms with Crippen molar-refractivity contribution in [3.63, 3.8) is 0 Å². The maximum atomic E-state index is 12.2. The molecular formula is C12H14BrN3O2S. The standard InChI is InChI=1S/C12H14BrN3O2S/c13-9-6-10(19-8-9)7-15-5-2-11(17)16(12(15)18)4-1-3-14/h2,5-6,8H,1,3-4,7,14H2. The number of nitrogens with two attached hydrogens (primary N) is 1. The molecule has 0 atom stereocenters. The van der Waals surface area contributed by atoms with Gasteiger partial charge in [-0.3, -0.25) is 13.9 Å². The maximum absolute atomic E-state index is 12.2. The Kier molecular flexibility index (Phi) is 4.73. The molecule has 2 aromatic heterocycles. The van der Waals surface area contributed by atoms with Gasteiger partial charge in [0, 0.05) is 33.5 Å². The third-order valence-corrected chi connectivity index (χ3v) is 4.36. The van der Waals surface area contributed by atoms with Crippen LogP contribution in [0.5, 0.6) is 0 Å². The molecule has 2 rings (SSSR count). The number of nitrogens with zero attached hydrogens (tertiary/aromatic N) is 2. The Labute approximate surface area is 122 Å². The van der Waals surface area contributed by atoms with Gasteiger partial charge in [0.2, 0.25) is 0 Å². The minimum absolute atomic E-state index is 0.276. The lowest BCUT2D eigenvalue weighted by molar-refractivity contribution is 0.556. The van der Waals surface area contributed by atoms with E-state index in [1.54, 1.807) is 11.3 Å². The maximum Gasteiger partial charge on any atom is 0.331 e. The first kappa shape index (κ1) is 14.2. The number of thiophene rings is 1. The molecular weight excluding hydrogens is 330 g/mol. The van der Waals surface area contributed by atoms with Crippen LogP contribution in [0, 0.1) is 0 Å². The van der Waals surface area contributed by atoms with Crippen molar-refractivity contribution in [3.05, 3.63) is 53.9 Å². The second-order valence-electron chi connectivity index (χ2n) is 4.09. The van der Waals surface area contributed by atoms with Gasteiger partial charge in [-0.05, 0) is 35.0 Å². The molecule has 0 aliphatic carbocycles. The smallest absolute Gasteiger partial charge is 0.330 e. The van der Waals surface area contributed by atoms with Crippen LogP contribution in [0.3, 0.4) is 0 Å². The molecule has 2 heterocycles. The van der Waals surface area contributed by atoms with Gasteiger partial charge >= 0.3 is 5.69 Å². The van der Waals surface area contributed by atoms with Crippen molar-refractivity contribution in [2.75, 3.05) is 6.54 Å². The van der Waals surface area contributed by atoms with Gasteiger partial charge in [-0.1, -0.05) is 0 Å². The molecule has 0 amide bonds. The van der Waals surface area contributed by atoms with Crippen LogP contribution in [-0.2, 0) is 13.1 Å². The van der Waals surface area contributed by atoms with Gasteiger partial charge in [0.15, 0.2) is 0 Å². The molecule has 0 aliphatic heterocycles. The van der Waals surface area contributed by atoms with Gasteiger partial charge in [0.25, 0.3) is 5.56 Å². The van der Waals surface area contributed by atoms with Crippen LogP contribution in [-0.4, -0.2) is 15.7 Å². The lowest BCUT2D eigenvalue weighted by Gasteiger charge is -2.08. The first-order valence-electron chi connectivity index (χ1n) is 5.85. The third-order valence-electron chi connectivity index (χ3n) is 2.67. The summed E-state index contributed by atoms with van der Waals surface area (Å²) in [5, 5.41) is 1.96. The van der Waals surface area contributed by atoms with E-state index in [9.17, 15) is 9.59 Å². The molecule has 0 spiro atoms. The van der Waals surface area contributed by atoms with Crippen molar-refractivity contribution in [2.45, 2.75) is 19.5 Å². The minimum atomic E-state index is -0.287. The number of halogens is 1. The number of hydrogen-bond acceptors (Lipinski definition) is 4. The summed E-state index contributed by atoms with van der Waals surface area (Å²) in [6.45, 7) is 1.29. The lowest BCUT2D eigenvalue weighted by atomic mass is 10.4. The second-order valence-corrected chi connectivity index (χ2v) is 6.00. The largest absolute Gasteiger partial charge is 0.331 e. The Bertz CT molecular complexity index is 674. The highest BCUT2D eigenvalue weighted by atomic mass is 79.9. The topological polar surface area (TPSA) is 70.0 Å². The van der Waals surface area contributed by atoms with Gasteiger partial charge in [-0.25, -0.2) is 4.79 Å². The molecule has 0 bridgehead atoms. The third kappa shape index (κ3) is 3.43. The Morgan fingerprint density at radius 2 is 2.16 bits per heavy atom. The Morgan fingerprint density at radius 1 is 1.37 bits per heavy atom. The highest BCUT2D eigenvalue weighted by Crippen LogP contribution is 2.19. The molecule has 0 saturated heterocycles. The normalized spacial score (nSPS) is 10.8. The van der Waals surface area contributed by atoms with Gasteiger partial charge in [-0.15, -0.1) is 11.3 Å². The molecule has 2 N–H and O–H groups in total. The summed E-state index contributed by atoms with van der Waals surface area (Å²) in [6, 6.07) is 3.38. The van der Waals surface area contributed by atoms with Gasteiger partial charge in [0.05, 0.1) is 6.54 Å². The Balaban J connectivity index is 2.31. The van der Waals surface area contributed by atoms with E-state index in [2.05, 4.69) is 15.9 Å². The summed E-state index contributed by atoms with van der Waals surface area (Å²) in [7, 11) is 0. The van der Waals surface area contributed by atoms with Gasteiger partial charge in [-0.2, -0.15) is 0 Å². The monoisotopic (exact) mass is 343 g/mol. The van der Waals surface area contributed by atoms with Crippen molar-refractivity contribution >= 4 is 27.3 Å². The first-order valence-corrected chi connectivity index (χ1v) is 7.52. The van der Waals surface area contributed by atoms with Gasteiger partial charge < -0.3 is 5.73 Å². The van der Waals surface area contributed by atoms with E-state index in [4.69, 9.17) is 5.73 Å². The van der Waals surface area contributed by atoms with Crippen LogP contribution < -0.4 is 17.0 Å². The molecule has 0 aliphatic rings. The van der Waals surface area contributed by atoms with E-state index in [1.165, 1.54) is 21.4 Å². The molecule has 0 radical (unpaired) electrons. The van der Waals surface area contributed by atoms with Crippen LogP contribution in [0.15, 0.2) is 37.8 Å². The van der Waals surface area contributed by atoms with Crippen LogP contribution in [0.1, 0.15) is 11.3 Å². The number of aromatic nitrogens is 2. The van der Waals surface area contributed by atoms with Gasteiger partial charge in [0.1, 0.15) is 0 Å². The van der Waals surface area contributed by atoms with Crippen molar-refractivity contribution in [3.8, 4) is 0 Å². The van der Waals surface area contributed by atoms with Crippen molar-refractivity contribution in [2.24, 2.45) is 5.73 Å². The average Bonchev–Trinajstić information content (AvgIpc) is 2.78. The fraction of sp³-hybridized carbons (Fsp3) is 0.333. The van der Waals surface area contributed by atoms with E-state index in [0.29, 0.717) is 26.1 Å². The molecule has 0 saturated carbocycles. The predicted molar refractivity (Wildman–Crippen MR) is 79.8 cm³/mol. The molecule has 0 aromatic carbocycles. The molecule has 2 aromatic rings. The van der Waals surface area contributed by atoms with E-state index >= 15 is 0 Å². The molecule has 5 nitrogen and oxygen atoms in total. The van der Waals surface area contributed by atoms with Crippen molar-refractivity contribution in [1.29, 1.82) is 0 Å². The molecule has 0 unspecified atom stereocenters. The fourth-order valence-electron chi connectivity index (χ4n) is 1.74. The highest BCUT2D eigenvalue weighted by Gasteiger charge is 2.06. The summed E-state index contributed by atoms with van der Waals surface area (Å²) in [5.74, 6) is 0. The first-order chi connectivity index (χ1) is 9.11. The molecule has 0 fully saturated rings. The fourth-order valence-corrected chi connectivity index (χ4v) is 3.19. The van der Waals surface area contributed by atoms with E-state index < -0.39 is 0 Å². The summed E-state index contributed by atoms with van der Waals surface area (Å²) in [6.07, 6.45) is 2.15. The van der Waals surface area contributed by atoms with Crippen molar-refractivity contribution in [1.82, 2.24) is 9.13 Å². The molecule has 7 heteroatoms. The van der Waals surface area contributed by atoms with E-state index in [-0.39, 0.29) is 11.2 Å². The Morgan fingerprint density at radius 3 is 2.79 bits per heavy atom. The summed E-state index contributed by atoms with van der Waals surface area (Å²) in [5.41, 5.74) is 4.85. The predicted octanol–water partition coefficient (Wildman–Crippen LogP) is 1.23. The summed E-state index contributed by atoms with van der Waals surface area (Å²) >= 11 is 4.95. The van der Waals surface area contributed by atoms with Crippen LogP contribution in [0.4, 0.5) is 0 Å². The Hall–Kier alpha value is -1.18. The minimum Gasteiger partial charge on any atom is -0.330 e. The second kappa shape index (κ2) is 6.31. The van der Waals surface area contributed by atoms with Crippen molar-refractivity contribution < 1.29 is 0 Å². The van der Waals surface area contributed by atoms with Crippen LogP contribution in [0.25, 0.3) is 0 Å². The summed E-state index contributed by atoms with van der Waals surface area (Å²) in [4.78, 5) is 24.9. The average molecular weight is 344 g/mol.